The van der Waals surface area contributed by atoms with Crippen molar-refractivity contribution in [2.45, 2.75) is 206 Å². The van der Waals surface area contributed by atoms with Crippen molar-refractivity contribution in [1.29, 1.82) is 0 Å². The summed E-state index contributed by atoms with van der Waals surface area (Å²) in [5.41, 5.74) is 0. The third-order valence-corrected chi connectivity index (χ3v) is 7.77. The van der Waals surface area contributed by atoms with Gasteiger partial charge in [-0.05, 0) is 51.4 Å². The zero-order chi connectivity index (χ0) is 26.0. The van der Waals surface area contributed by atoms with E-state index in [4.69, 9.17) is 0 Å². The van der Waals surface area contributed by atoms with Gasteiger partial charge >= 0.3 is 0 Å². The third-order valence-electron chi connectivity index (χ3n) is 7.77. The van der Waals surface area contributed by atoms with E-state index in [0.29, 0.717) is 0 Å². The molecule has 0 heterocycles. The highest BCUT2D eigenvalue weighted by molar-refractivity contribution is 4.82. The van der Waals surface area contributed by atoms with Crippen LogP contribution in [0.5, 0.6) is 0 Å². The predicted octanol–water partition coefficient (Wildman–Crippen LogP) is 13.8. The minimum Gasteiger partial charge on any atom is -0.0885 e. The maximum absolute atomic E-state index is 2.46. The van der Waals surface area contributed by atoms with Crippen molar-refractivity contribution >= 4 is 0 Å². The summed E-state index contributed by atoms with van der Waals surface area (Å²) in [6.45, 7) is 4.60. The molecule has 0 aliphatic heterocycles. The molecule has 0 unspecified atom stereocenters. The minimum absolute atomic E-state index is 1.30. The van der Waals surface area contributed by atoms with Crippen molar-refractivity contribution in [3.05, 3.63) is 24.3 Å². The van der Waals surface area contributed by atoms with E-state index in [0.717, 1.165) is 0 Å². The van der Waals surface area contributed by atoms with E-state index >= 15 is 0 Å². The maximum atomic E-state index is 2.46. The van der Waals surface area contributed by atoms with Crippen LogP contribution >= 0.6 is 0 Å². The standard InChI is InChI=1S/C36H70/c1-3-5-7-9-11-13-15-17-19-21-23-25-27-29-31-33-35-36-34-32-30-28-26-24-22-20-18-16-14-12-10-8-6-4-2/h17,19,34,36H,3-16,18,20-33,35H2,1-2H3/b19-17-,36-34-. The molecule has 0 saturated heterocycles. The fourth-order valence-electron chi connectivity index (χ4n) is 5.20. The summed E-state index contributed by atoms with van der Waals surface area (Å²) in [6, 6.07) is 0. The Kier molecular flexibility index (Phi) is 34.0. The fraction of sp³-hybridized carbons (Fsp3) is 0.889. The lowest BCUT2D eigenvalue weighted by molar-refractivity contribution is 0.536. The van der Waals surface area contributed by atoms with Crippen LogP contribution in [-0.2, 0) is 0 Å². The lowest BCUT2D eigenvalue weighted by atomic mass is 10.0. The third kappa shape index (κ3) is 33.5. The molecule has 0 heteroatoms. The fourth-order valence-corrected chi connectivity index (χ4v) is 5.20. The first-order valence-electron chi connectivity index (χ1n) is 17.2. The van der Waals surface area contributed by atoms with Crippen molar-refractivity contribution in [3.63, 3.8) is 0 Å². The monoisotopic (exact) mass is 503 g/mol. The van der Waals surface area contributed by atoms with Gasteiger partial charge in [-0.1, -0.05) is 179 Å². The molecule has 0 amide bonds. The number of hydrogen-bond donors (Lipinski definition) is 0. The van der Waals surface area contributed by atoms with Gasteiger partial charge in [0.2, 0.25) is 0 Å². The summed E-state index contributed by atoms with van der Waals surface area (Å²) in [7, 11) is 0. The first kappa shape index (κ1) is 35.5. The summed E-state index contributed by atoms with van der Waals surface area (Å²) in [6.07, 6.45) is 52.4. The Bertz CT molecular complexity index is 418. The number of unbranched alkanes of at least 4 members (excludes halogenated alkanes) is 27. The first-order chi connectivity index (χ1) is 17.9. The minimum atomic E-state index is 1.30. The number of hydrogen-bond acceptors (Lipinski definition) is 0. The van der Waals surface area contributed by atoms with Gasteiger partial charge in [0.25, 0.3) is 0 Å². The summed E-state index contributed by atoms with van der Waals surface area (Å²) < 4.78 is 0. The Morgan fingerprint density at radius 2 is 0.389 bits per heavy atom. The molecule has 0 aromatic carbocycles. The topological polar surface area (TPSA) is 0 Å². The van der Waals surface area contributed by atoms with Crippen LogP contribution in [0.1, 0.15) is 206 Å². The molecule has 0 aliphatic carbocycles. The lowest BCUT2D eigenvalue weighted by Gasteiger charge is -2.03. The van der Waals surface area contributed by atoms with Gasteiger partial charge in [-0.2, -0.15) is 0 Å². The van der Waals surface area contributed by atoms with Crippen LogP contribution in [0.3, 0.4) is 0 Å². The van der Waals surface area contributed by atoms with Crippen molar-refractivity contribution in [2.24, 2.45) is 0 Å². The SMILES string of the molecule is CCCCCCCC/C=C\CCCCCCCC/C=C\CCCCCCCCCCCCCCCC. The average molecular weight is 503 g/mol. The van der Waals surface area contributed by atoms with Crippen LogP contribution < -0.4 is 0 Å². The zero-order valence-corrected chi connectivity index (χ0v) is 25.5. The quantitative estimate of drug-likeness (QED) is 0.0653. The Balaban J connectivity index is 3.12. The van der Waals surface area contributed by atoms with Gasteiger partial charge in [0.1, 0.15) is 0 Å². The van der Waals surface area contributed by atoms with E-state index in [-0.39, 0.29) is 0 Å². The summed E-state index contributed by atoms with van der Waals surface area (Å²) >= 11 is 0. The Morgan fingerprint density at radius 3 is 0.583 bits per heavy atom. The normalized spacial score (nSPS) is 11.9. The molecule has 0 bridgehead atoms. The van der Waals surface area contributed by atoms with E-state index in [1.807, 2.05) is 0 Å². The first-order valence-corrected chi connectivity index (χ1v) is 17.2. The Labute approximate surface area is 230 Å². The van der Waals surface area contributed by atoms with Gasteiger partial charge in [-0.3, -0.25) is 0 Å². The Morgan fingerprint density at radius 1 is 0.222 bits per heavy atom. The molecular formula is C36H70. The van der Waals surface area contributed by atoms with Crippen molar-refractivity contribution < 1.29 is 0 Å². The molecule has 0 rings (SSSR count). The van der Waals surface area contributed by atoms with Crippen molar-refractivity contribution in [3.8, 4) is 0 Å². The van der Waals surface area contributed by atoms with Gasteiger partial charge < -0.3 is 0 Å². The number of allylic oxidation sites excluding steroid dienone is 4. The lowest BCUT2D eigenvalue weighted by Crippen LogP contribution is -1.83. The average Bonchev–Trinajstić information content (AvgIpc) is 2.89. The predicted molar refractivity (Wildman–Crippen MR) is 168 cm³/mol. The molecule has 0 atom stereocenters. The molecule has 0 aromatic rings. The second-order valence-corrected chi connectivity index (χ2v) is 11.6. The van der Waals surface area contributed by atoms with Gasteiger partial charge in [-0.25, -0.2) is 0 Å². The molecule has 0 aliphatic rings. The molecule has 0 nitrogen and oxygen atoms in total. The molecule has 36 heavy (non-hydrogen) atoms. The second kappa shape index (κ2) is 34.5. The zero-order valence-electron chi connectivity index (χ0n) is 25.5. The molecule has 214 valence electrons. The van der Waals surface area contributed by atoms with E-state index in [1.165, 1.54) is 193 Å². The van der Waals surface area contributed by atoms with Crippen LogP contribution in [0.25, 0.3) is 0 Å². The van der Waals surface area contributed by atoms with Gasteiger partial charge in [0, 0.05) is 0 Å². The largest absolute Gasteiger partial charge is 0.0885 e. The van der Waals surface area contributed by atoms with Crippen LogP contribution in [-0.4, -0.2) is 0 Å². The van der Waals surface area contributed by atoms with Crippen LogP contribution in [0, 0.1) is 0 Å². The molecule has 0 aromatic heterocycles. The molecule has 0 radical (unpaired) electrons. The molecular weight excluding hydrogens is 432 g/mol. The second-order valence-electron chi connectivity index (χ2n) is 11.6. The van der Waals surface area contributed by atoms with Gasteiger partial charge in [0.15, 0.2) is 0 Å². The van der Waals surface area contributed by atoms with E-state index in [1.54, 1.807) is 0 Å². The maximum Gasteiger partial charge on any atom is -0.0351 e. The van der Waals surface area contributed by atoms with Gasteiger partial charge in [0.05, 0.1) is 0 Å². The van der Waals surface area contributed by atoms with Crippen LogP contribution in [0.2, 0.25) is 0 Å². The highest BCUT2D eigenvalue weighted by Crippen LogP contribution is 2.14. The van der Waals surface area contributed by atoms with Gasteiger partial charge in [-0.15, -0.1) is 0 Å². The van der Waals surface area contributed by atoms with E-state index in [9.17, 15) is 0 Å². The molecule has 0 N–H and O–H groups in total. The Hall–Kier alpha value is -0.520. The van der Waals surface area contributed by atoms with Crippen LogP contribution in [0.4, 0.5) is 0 Å². The summed E-state index contributed by atoms with van der Waals surface area (Å²) in [4.78, 5) is 0. The van der Waals surface area contributed by atoms with Crippen molar-refractivity contribution in [2.75, 3.05) is 0 Å². The molecule has 0 fully saturated rings. The van der Waals surface area contributed by atoms with E-state index < -0.39 is 0 Å². The number of rotatable bonds is 31. The molecule has 0 saturated carbocycles. The van der Waals surface area contributed by atoms with Crippen molar-refractivity contribution in [1.82, 2.24) is 0 Å². The molecule has 0 spiro atoms. The van der Waals surface area contributed by atoms with Crippen LogP contribution in [0.15, 0.2) is 24.3 Å². The summed E-state index contributed by atoms with van der Waals surface area (Å²) in [5, 5.41) is 0. The highest BCUT2D eigenvalue weighted by Gasteiger charge is 1.94. The highest BCUT2D eigenvalue weighted by atomic mass is 14.0. The summed E-state index contributed by atoms with van der Waals surface area (Å²) in [5.74, 6) is 0. The smallest absolute Gasteiger partial charge is 0.0351 e. The van der Waals surface area contributed by atoms with E-state index in [2.05, 4.69) is 38.2 Å².